The molecule has 0 heterocycles. The van der Waals surface area contributed by atoms with Crippen LogP contribution in [-0.2, 0) is 10.0 Å². The summed E-state index contributed by atoms with van der Waals surface area (Å²) >= 11 is 0. The van der Waals surface area contributed by atoms with E-state index < -0.39 is 10.0 Å². The minimum atomic E-state index is -3.24. The summed E-state index contributed by atoms with van der Waals surface area (Å²) < 4.78 is 26.9. The molecule has 1 rings (SSSR count). The van der Waals surface area contributed by atoms with Gasteiger partial charge in [-0.15, -0.1) is 0 Å². The molecule has 0 aliphatic heterocycles. The van der Waals surface area contributed by atoms with E-state index in [0.29, 0.717) is 19.0 Å². The smallest absolute Gasteiger partial charge is 0.212 e. The van der Waals surface area contributed by atoms with Gasteiger partial charge in [0.15, 0.2) is 0 Å². The zero-order chi connectivity index (χ0) is 15.0. The molecule has 1 aromatic rings. The van der Waals surface area contributed by atoms with Gasteiger partial charge in [0, 0.05) is 6.54 Å². The first-order valence-electron chi connectivity index (χ1n) is 7.20. The molecule has 0 radical (unpaired) electrons. The molecule has 0 aromatic heterocycles. The molecule has 1 aromatic carbocycles. The van der Waals surface area contributed by atoms with Crippen LogP contribution in [0.1, 0.15) is 38.2 Å². The van der Waals surface area contributed by atoms with E-state index in [1.54, 1.807) is 0 Å². The Morgan fingerprint density at radius 1 is 1.25 bits per heavy atom. The van der Waals surface area contributed by atoms with Gasteiger partial charge in [0.1, 0.15) is 0 Å². The van der Waals surface area contributed by atoms with E-state index in [9.17, 15) is 8.42 Å². The monoisotopic (exact) mass is 298 g/mol. The first-order valence-corrected chi connectivity index (χ1v) is 8.86. The molecule has 20 heavy (non-hydrogen) atoms. The normalized spacial score (nSPS) is 14.9. The third-order valence-electron chi connectivity index (χ3n) is 3.58. The van der Waals surface area contributed by atoms with Crippen molar-refractivity contribution in [2.75, 3.05) is 18.8 Å². The molecule has 0 bridgehead atoms. The summed E-state index contributed by atoms with van der Waals surface area (Å²) in [7, 11) is -3.24. The van der Waals surface area contributed by atoms with Crippen molar-refractivity contribution in [1.82, 2.24) is 4.72 Å². The number of hydrogen-bond acceptors (Lipinski definition) is 3. The lowest BCUT2D eigenvalue weighted by molar-refractivity contribution is 0.465. The molecular formula is C15H26N2O2S. The molecule has 0 saturated carbocycles. The topological polar surface area (TPSA) is 72.2 Å². The Morgan fingerprint density at radius 2 is 1.90 bits per heavy atom. The second kappa shape index (κ2) is 8.39. The van der Waals surface area contributed by atoms with Gasteiger partial charge in [-0.1, -0.05) is 50.6 Å². The molecule has 3 N–H and O–H groups in total. The molecule has 0 fully saturated rings. The lowest BCUT2D eigenvalue weighted by Crippen LogP contribution is -2.33. The summed E-state index contributed by atoms with van der Waals surface area (Å²) in [6, 6.07) is 9.72. The van der Waals surface area contributed by atoms with Crippen molar-refractivity contribution >= 4 is 10.0 Å². The molecule has 0 amide bonds. The fraction of sp³-hybridized carbons (Fsp3) is 0.600. The number of nitrogens with one attached hydrogen (secondary N) is 1. The van der Waals surface area contributed by atoms with Gasteiger partial charge in [0.05, 0.1) is 5.75 Å². The Labute approximate surface area is 122 Å². The second-order valence-corrected chi connectivity index (χ2v) is 7.14. The fourth-order valence-corrected chi connectivity index (χ4v) is 3.66. The largest absolute Gasteiger partial charge is 0.330 e. The van der Waals surface area contributed by atoms with Crippen LogP contribution in [0.2, 0.25) is 0 Å². The molecule has 114 valence electrons. The third-order valence-corrected chi connectivity index (χ3v) is 5.13. The number of benzene rings is 1. The van der Waals surface area contributed by atoms with Crippen molar-refractivity contribution in [1.29, 1.82) is 0 Å². The molecule has 0 aliphatic carbocycles. The Kier molecular flexibility index (Phi) is 7.19. The Bertz CT molecular complexity index is 474. The number of sulfonamides is 1. The molecule has 4 nitrogen and oxygen atoms in total. The van der Waals surface area contributed by atoms with Crippen LogP contribution >= 0.6 is 0 Å². The van der Waals surface area contributed by atoms with E-state index in [0.717, 1.165) is 18.4 Å². The van der Waals surface area contributed by atoms with Crippen LogP contribution in [0.25, 0.3) is 0 Å². The Hall–Kier alpha value is -0.910. The minimum Gasteiger partial charge on any atom is -0.330 e. The van der Waals surface area contributed by atoms with E-state index in [2.05, 4.69) is 11.6 Å². The Balaban J connectivity index is 2.53. The maximum absolute atomic E-state index is 12.1. The van der Waals surface area contributed by atoms with Crippen molar-refractivity contribution in [3.8, 4) is 0 Å². The van der Waals surface area contributed by atoms with Crippen LogP contribution in [0.4, 0.5) is 0 Å². The van der Waals surface area contributed by atoms with Gasteiger partial charge in [-0.3, -0.25) is 0 Å². The number of nitrogens with two attached hydrogens (primary N) is 1. The van der Waals surface area contributed by atoms with Crippen molar-refractivity contribution in [2.24, 2.45) is 11.7 Å². The number of rotatable bonds is 9. The van der Waals surface area contributed by atoms with Gasteiger partial charge >= 0.3 is 0 Å². The molecule has 0 aliphatic rings. The molecule has 0 saturated heterocycles. The van der Waals surface area contributed by atoms with Gasteiger partial charge < -0.3 is 5.73 Å². The minimum absolute atomic E-state index is 0.0108. The highest BCUT2D eigenvalue weighted by Crippen LogP contribution is 2.16. The molecular weight excluding hydrogens is 272 g/mol. The maximum Gasteiger partial charge on any atom is 0.212 e. The fourth-order valence-electron chi connectivity index (χ4n) is 2.20. The van der Waals surface area contributed by atoms with Gasteiger partial charge in [-0.05, 0) is 30.4 Å². The van der Waals surface area contributed by atoms with E-state index in [4.69, 9.17) is 5.73 Å². The lowest BCUT2D eigenvalue weighted by atomic mass is 10.0. The summed E-state index contributed by atoms with van der Waals surface area (Å²) in [4.78, 5) is 0. The van der Waals surface area contributed by atoms with Crippen LogP contribution in [0, 0.1) is 5.92 Å². The zero-order valence-corrected chi connectivity index (χ0v) is 13.2. The van der Waals surface area contributed by atoms with Crippen LogP contribution in [0.5, 0.6) is 0 Å². The van der Waals surface area contributed by atoms with Crippen molar-refractivity contribution in [2.45, 2.75) is 32.6 Å². The van der Waals surface area contributed by atoms with Crippen molar-refractivity contribution in [3.63, 3.8) is 0 Å². The summed E-state index contributed by atoms with van der Waals surface area (Å²) in [5.41, 5.74) is 6.57. The zero-order valence-electron chi connectivity index (χ0n) is 12.4. The summed E-state index contributed by atoms with van der Waals surface area (Å²) in [6.07, 6.45) is 1.79. The van der Waals surface area contributed by atoms with Crippen LogP contribution < -0.4 is 10.5 Å². The average Bonchev–Trinajstić information content (AvgIpc) is 2.44. The van der Waals surface area contributed by atoms with E-state index in [1.807, 2.05) is 37.3 Å². The van der Waals surface area contributed by atoms with Crippen molar-refractivity contribution < 1.29 is 8.42 Å². The average molecular weight is 298 g/mol. The second-order valence-electron chi connectivity index (χ2n) is 5.29. The van der Waals surface area contributed by atoms with Gasteiger partial charge in [-0.25, -0.2) is 13.1 Å². The first kappa shape index (κ1) is 17.1. The number of hydrogen-bond donors (Lipinski definition) is 2. The van der Waals surface area contributed by atoms with Crippen LogP contribution in [-0.4, -0.2) is 27.3 Å². The van der Waals surface area contributed by atoms with Gasteiger partial charge in [0.25, 0.3) is 0 Å². The third kappa shape index (κ3) is 6.03. The summed E-state index contributed by atoms with van der Waals surface area (Å²) in [5.74, 6) is 0.431. The Morgan fingerprint density at radius 3 is 2.45 bits per heavy atom. The predicted octanol–water partition coefficient (Wildman–Crippen LogP) is 2.08. The van der Waals surface area contributed by atoms with E-state index >= 15 is 0 Å². The summed E-state index contributed by atoms with van der Waals surface area (Å²) in [5, 5.41) is 0. The highest BCUT2D eigenvalue weighted by Gasteiger charge is 2.18. The molecule has 5 heteroatoms. The van der Waals surface area contributed by atoms with E-state index in [-0.39, 0.29) is 11.7 Å². The lowest BCUT2D eigenvalue weighted by Gasteiger charge is -2.17. The van der Waals surface area contributed by atoms with Gasteiger partial charge in [-0.2, -0.15) is 0 Å². The molecule has 2 unspecified atom stereocenters. The van der Waals surface area contributed by atoms with E-state index in [1.165, 1.54) is 0 Å². The summed E-state index contributed by atoms with van der Waals surface area (Å²) in [6.45, 7) is 5.07. The highest BCUT2D eigenvalue weighted by atomic mass is 32.2. The van der Waals surface area contributed by atoms with Gasteiger partial charge in [0.2, 0.25) is 10.0 Å². The quantitative estimate of drug-likeness (QED) is 0.733. The molecule has 2 atom stereocenters. The maximum atomic E-state index is 12.1. The highest BCUT2D eigenvalue weighted by molar-refractivity contribution is 7.89. The van der Waals surface area contributed by atoms with Crippen LogP contribution in [0.3, 0.4) is 0 Å². The first-order chi connectivity index (χ1) is 9.48. The molecule has 0 spiro atoms. The standard InChI is InChI=1S/C15H26N2O2S/c1-3-14(9-10-16)11-17-20(18,19)12-13(2)15-7-5-4-6-8-15/h4-8,13-14,17H,3,9-12,16H2,1-2H3. The predicted molar refractivity (Wildman–Crippen MR) is 84.1 cm³/mol. The van der Waals surface area contributed by atoms with Crippen molar-refractivity contribution in [3.05, 3.63) is 35.9 Å². The SMILES string of the molecule is CCC(CCN)CNS(=O)(=O)CC(C)c1ccccc1. The van der Waals surface area contributed by atoms with Crippen LogP contribution in [0.15, 0.2) is 30.3 Å².